The van der Waals surface area contributed by atoms with Crippen LogP contribution in [0.1, 0.15) is 16.9 Å². The minimum Gasteiger partial charge on any atom is -0.495 e. The molecule has 1 amide bonds. The Morgan fingerprint density at radius 3 is 2.58 bits per heavy atom. The number of nitrogens with zero attached hydrogens (tertiary/aromatic N) is 1. The minimum absolute atomic E-state index is 0.0766. The molecule has 1 aromatic heterocycles. The van der Waals surface area contributed by atoms with Crippen LogP contribution in [0.2, 0.25) is 0 Å². The van der Waals surface area contributed by atoms with Crippen molar-refractivity contribution in [1.82, 2.24) is 4.31 Å². The van der Waals surface area contributed by atoms with Crippen LogP contribution in [0.4, 0.5) is 5.69 Å². The lowest BCUT2D eigenvalue weighted by atomic mass is 10.2. The molecule has 0 saturated carbocycles. The van der Waals surface area contributed by atoms with E-state index in [-0.39, 0.29) is 13.1 Å². The number of rotatable bonds is 9. The van der Waals surface area contributed by atoms with Crippen molar-refractivity contribution in [3.63, 3.8) is 0 Å². The number of hydrogen-bond donors (Lipinski definition) is 1. The molecule has 7 nitrogen and oxygen atoms in total. The zero-order valence-corrected chi connectivity index (χ0v) is 18.1. The molecular formula is C23H24N2O5S. The highest BCUT2D eigenvalue weighted by Crippen LogP contribution is 2.25. The summed E-state index contributed by atoms with van der Waals surface area (Å²) in [4.78, 5) is 12.7. The predicted molar refractivity (Wildman–Crippen MR) is 120 cm³/mol. The highest BCUT2D eigenvalue weighted by molar-refractivity contribution is 7.92. The Hall–Kier alpha value is -3.36. The Kier molecular flexibility index (Phi) is 7.28. The second-order valence-electron chi connectivity index (χ2n) is 6.86. The molecule has 3 aromatic rings. The van der Waals surface area contributed by atoms with Crippen molar-refractivity contribution in [2.75, 3.05) is 19.0 Å². The van der Waals surface area contributed by atoms with Gasteiger partial charge in [0, 0.05) is 5.41 Å². The summed E-state index contributed by atoms with van der Waals surface area (Å²) >= 11 is 0. The summed E-state index contributed by atoms with van der Waals surface area (Å²) in [6, 6.07) is 17.7. The minimum atomic E-state index is -3.91. The molecule has 31 heavy (non-hydrogen) atoms. The highest BCUT2D eigenvalue weighted by atomic mass is 32.2. The maximum absolute atomic E-state index is 13.0. The molecule has 0 aliphatic rings. The Morgan fingerprint density at radius 2 is 1.90 bits per heavy atom. The van der Waals surface area contributed by atoms with Crippen LogP contribution in [-0.4, -0.2) is 32.3 Å². The number of methoxy groups -OCH3 is 1. The average molecular weight is 441 g/mol. The molecule has 1 N–H and O–H groups in total. The van der Waals surface area contributed by atoms with E-state index in [4.69, 9.17) is 9.15 Å². The molecule has 0 saturated heterocycles. The third-order valence-corrected chi connectivity index (χ3v) is 5.91. The van der Waals surface area contributed by atoms with Crippen molar-refractivity contribution in [1.29, 1.82) is 0 Å². The van der Waals surface area contributed by atoms with Crippen LogP contribution < -0.4 is 10.1 Å². The van der Waals surface area contributed by atoms with Gasteiger partial charge in [0.25, 0.3) is 0 Å². The Balaban J connectivity index is 1.81. The molecule has 0 aliphatic carbocycles. The summed E-state index contributed by atoms with van der Waals surface area (Å²) in [5.41, 5.74) is 2.14. The van der Waals surface area contributed by atoms with Gasteiger partial charge in [0.1, 0.15) is 11.5 Å². The zero-order chi connectivity index (χ0) is 22.3. The molecular weight excluding hydrogens is 416 g/mol. The van der Waals surface area contributed by atoms with Crippen LogP contribution >= 0.6 is 0 Å². The van der Waals surface area contributed by atoms with Gasteiger partial charge in [-0.3, -0.25) is 4.79 Å². The molecule has 0 atom stereocenters. The largest absolute Gasteiger partial charge is 0.495 e. The maximum atomic E-state index is 13.0. The average Bonchev–Trinajstić information content (AvgIpc) is 3.26. The smallest absolute Gasteiger partial charge is 0.239 e. The number of carbonyl (C=O) groups excluding carboxylic acids is 1. The normalized spacial score (nSPS) is 11.7. The van der Waals surface area contributed by atoms with Crippen molar-refractivity contribution in [3.05, 3.63) is 89.2 Å². The molecule has 162 valence electrons. The fourth-order valence-corrected chi connectivity index (χ4v) is 4.00. The summed E-state index contributed by atoms with van der Waals surface area (Å²) < 4.78 is 37.6. The van der Waals surface area contributed by atoms with Crippen LogP contribution in [0.15, 0.2) is 76.8 Å². The maximum Gasteiger partial charge on any atom is 0.239 e. The number of hydrogen-bond acceptors (Lipinski definition) is 5. The van der Waals surface area contributed by atoms with Gasteiger partial charge in [0.05, 0.1) is 32.1 Å². The quantitative estimate of drug-likeness (QED) is 0.543. The standard InChI is InChI=1S/C23H24N2O5S/c1-18-10-11-22(29-2)21(15-18)24-23(26)17-25(16-20-9-6-13-30-20)31(27,28)14-12-19-7-4-3-5-8-19/h3-15H,16-17H2,1-2H3,(H,24,26)/b14-12+. The summed E-state index contributed by atoms with van der Waals surface area (Å²) in [7, 11) is -2.40. The molecule has 0 spiro atoms. The van der Waals surface area contributed by atoms with E-state index in [1.54, 1.807) is 36.4 Å². The molecule has 0 fully saturated rings. The third kappa shape index (κ3) is 6.31. The third-order valence-electron chi connectivity index (χ3n) is 4.45. The van der Waals surface area contributed by atoms with Crippen LogP contribution in [0.5, 0.6) is 5.75 Å². The van der Waals surface area contributed by atoms with Crippen molar-refractivity contribution >= 4 is 27.7 Å². The van der Waals surface area contributed by atoms with Crippen LogP contribution in [0, 0.1) is 6.92 Å². The van der Waals surface area contributed by atoms with E-state index in [0.717, 1.165) is 20.8 Å². The number of anilines is 1. The first-order chi connectivity index (χ1) is 14.9. The number of nitrogens with one attached hydrogen (secondary N) is 1. The summed E-state index contributed by atoms with van der Waals surface area (Å²) in [5.74, 6) is 0.424. The SMILES string of the molecule is COc1ccc(C)cc1NC(=O)CN(Cc1ccco1)S(=O)(=O)/C=C/c1ccccc1. The zero-order valence-electron chi connectivity index (χ0n) is 17.3. The van der Waals surface area contributed by atoms with Gasteiger partial charge in [-0.2, -0.15) is 4.31 Å². The van der Waals surface area contributed by atoms with Gasteiger partial charge >= 0.3 is 0 Å². The number of carbonyl (C=O) groups is 1. The molecule has 8 heteroatoms. The second kappa shape index (κ2) is 10.1. The van der Waals surface area contributed by atoms with Crippen molar-refractivity contribution in [3.8, 4) is 5.75 Å². The van der Waals surface area contributed by atoms with E-state index in [9.17, 15) is 13.2 Å². The Morgan fingerprint density at radius 1 is 1.13 bits per heavy atom. The summed E-state index contributed by atoms with van der Waals surface area (Å²) in [6.45, 7) is 1.42. The van der Waals surface area contributed by atoms with E-state index < -0.39 is 15.9 Å². The monoisotopic (exact) mass is 440 g/mol. The van der Waals surface area contributed by atoms with E-state index in [0.29, 0.717) is 17.2 Å². The Bertz CT molecular complexity index is 1140. The number of aryl methyl sites for hydroxylation is 1. The highest BCUT2D eigenvalue weighted by Gasteiger charge is 2.24. The van der Waals surface area contributed by atoms with Gasteiger partial charge in [0.2, 0.25) is 15.9 Å². The lowest BCUT2D eigenvalue weighted by molar-refractivity contribution is -0.116. The lowest BCUT2D eigenvalue weighted by Crippen LogP contribution is -2.36. The first-order valence-electron chi connectivity index (χ1n) is 9.57. The lowest BCUT2D eigenvalue weighted by Gasteiger charge is -2.19. The van der Waals surface area contributed by atoms with Crippen LogP contribution in [0.3, 0.4) is 0 Å². The van der Waals surface area contributed by atoms with Crippen LogP contribution in [-0.2, 0) is 21.4 Å². The van der Waals surface area contributed by atoms with E-state index in [1.807, 2.05) is 31.2 Å². The van der Waals surface area contributed by atoms with Gasteiger partial charge < -0.3 is 14.5 Å². The van der Waals surface area contributed by atoms with Crippen molar-refractivity contribution < 1.29 is 22.4 Å². The summed E-state index contributed by atoms with van der Waals surface area (Å²) in [5, 5.41) is 3.82. The van der Waals surface area contributed by atoms with Gasteiger partial charge in [-0.25, -0.2) is 8.42 Å². The first-order valence-corrected chi connectivity index (χ1v) is 11.1. The van der Waals surface area contributed by atoms with Crippen molar-refractivity contribution in [2.45, 2.75) is 13.5 Å². The van der Waals surface area contributed by atoms with Gasteiger partial charge in [-0.15, -0.1) is 0 Å². The fraction of sp³-hybridized carbons (Fsp3) is 0.174. The number of amides is 1. The van der Waals surface area contributed by atoms with Crippen molar-refractivity contribution in [2.24, 2.45) is 0 Å². The molecule has 3 rings (SSSR count). The van der Waals surface area contributed by atoms with Gasteiger partial charge in [-0.1, -0.05) is 36.4 Å². The topological polar surface area (TPSA) is 88.8 Å². The number of benzene rings is 2. The molecule has 0 bridgehead atoms. The van der Waals surface area contributed by atoms with E-state index >= 15 is 0 Å². The van der Waals surface area contributed by atoms with Gasteiger partial charge in [-0.05, 0) is 48.4 Å². The molecule has 0 unspecified atom stereocenters. The van der Waals surface area contributed by atoms with Crippen LogP contribution in [0.25, 0.3) is 6.08 Å². The number of furan rings is 1. The fourth-order valence-electron chi connectivity index (χ4n) is 2.90. The van der Waals surface area contributed by atoms with Gasteiger partial charge in [0.15, 0.2) is 0 Å². The predicted octanol–water partition coefficient (Wildman–Crippen LogP) is 4.04. The molecule has 0 aliphatic heterocycles. The number of ether oxygens (including phenoxy) is 1. The first kappa shape index (κ1) is 22.3. The molecule has 2 aromatic carbocycles. The Labute approximate surface area is 182 Å². The van der Waals surface area contributed by atoms with E-state index in [1.165, 1.54) is 19.4 Å². The van der Waals surface area contributed by atoms with E-state index in [2.05, 4.69) is 5.32 Å². The second-order valence-corrected chi connectivity index (χ2v) is 8.68. The number of sulfonamides is 1. The molecule has 1 heterocycles. The summed E-state index contributed by atoms with van der Waals surface area (Å²) in [6.07, 6.45) is 2.95. The molecule has 0 radical (unpaired) electrons.